The van der Waals surface area contributed by atoms with Crippen molar-refractivity contribution in [3.05, 3.63) is 35.9 Å². The van der Waals surface area contributed by atoms with Crippen molar-refractivity contribution in [2.24, 2.45) is 0 Å². The number of ether oxygens (including phenoxy) is 2. The van der Waals surface area contributed by atoms with Gasteiger partial charge in [-0.2, -0.15) is 0 Å². The quantitative estimate of drug-likeness (QED) is 0.111. The Hall–Kier alpha value is -4.16. The highest BCUT2D eigenvalue weighted by molar-refractivity contribution is 6.00. The van der Waals surface area contributed by atoms with Gasteiger partial charge in [0.2, 0.25) is 23.6 Å². The second-order valence-electron chi connectivity index (χ2n) is 15.6. The molecular weight excluding hydrogens is 666 g/mol. The third kappa shape index (κ3) is 13.8. The van der Waals surface area contributed by atoms with Crippen molar-refractivity contribution >= 4 is 35.7 Å². The summed E-state index contributed by atoms with van der Waals surface area (Å²) in [7, 11) is 0. The van der Waals surface area contributed by atoms with Crippen LogP contribution in [0.3, 0.4) is 0 Å². The first-order valence-corrected chi connectivity index (χ1v) is 18.5. The topological polar surface area (TPSA) is 181 Å². The number of rotatable bonds is 20. The molecule has 0 fully saturated rings. The Morgan fingerprint density at radius 3 is 1.38 bits per heavy atom. The molecule has 0 heterocycles. The molecular formula is C39H65N5O8. The Morgan fingerprint density at radius 1 is 0.596 bits per heavy atom. The van der Waals surface area contributed by atoms with Crippen molar-refractivity contribution in [3.8, 4) is 0 Å². The van der Waals surface area contributed by atoms with E-state index in [0.717, 1.165) is 5.56 Å². The van der Waals surface area contributed by atoms with Crippen LogP contribution >= 0.6 is 0 Å². The summed E-state index contributed by atoms with van der Waals surface area (Å²) >= 11 is 0. The molecule has 0 spiro atoms. The lowest BCUT2D eigenvalue weighted by Gasteiger charge is -2.40. The molecule has 5 N–H and O–H groups in total. The summed E-state index contributed by atoms with van der Waals surface area (Å²) < 4.78 is 10.9. The van der Waals surface area contributed by atoms with E-state index in [-0.39, 0.29) is 25.9 Å². The van der Waals surface area contributed by atoms with Crippen LogP contribution in [0.1, 0.15) is 140 Å². The maximum atomic E-state index is 14.2. The van der Waals surface area contributed by atoms with Gasteiger partial charge in [-0.1, -0.05) is 83.7 Å². The van der Waals surface area contributed by atoms with Crippen LogP contribution in [0.5, 0.6) is 0 Å². The number of carbonyl (C=O) groups excluding carboxylic acids is 6. The fourth-order valence-electron chi connectivity index (χ4n) is 5.86. The zero-order chi connectivity index (χ0) is 40.0. The van der Waals surface area contributed by atoms with Gasteiger partial charge in [-0.25, -0.2) is 9.59 Å². The van der Waals surface area contributed by atoms with Crippen LogP contribution in [-0.4, -0.2) is 69.5 Å². The summed E-state index contributed by atoms with van der Waals surface area (Å²) in [5, 5.41) is 13.9. The lowest BCUT2D eigenvalue weighted by molar-refractivity contribution is -0.165. The Morgan fingerprint density at radius 2 is 0.981 bits per heavy atom. The molecule has 1 aromatic carbocycles. The Labute approximate surface area is 310 Å². The van der Waals surface area contributed by atoms with Crippen LogP contribution < -0.4 is 26.6 Å². The predicted molar refractivity (Wildman–Crippen MR) is 201 cm³/mol. The molecule has 294 valence electrons. The molecule has 0 aromatic heterocycles. The van der Waals surface area contributed by atoms with Crippen LogP contribution in [0.15, 0.2) is 30.3 Å². The molecule has 1 aromatic rings. The molecule has 13 heteroatoms. The van der Waals surface area contributed by atoms with Gasteiger partial charge in [0.1, 0.15) is 40.4 Å². The minimum Gasteiger partial charge on any atom is -0.458 e. The van der Waals surface area contributed by atoms with Gasteiger partial charge < -0.3 is 36.1 Å². The summed E-state index contributed by atoms with van der Waals surface area (Å²) in [6.45, 7) is 20.6. The minimum atomic E-state index is -1.48. The van der Waals surface area contributed by atoms with Gasteiger partial charge in [0.15, 0.2) is 0 Å². The van der Waals surface area contributed by atoms with E-state index < -0.39 is 69.5 Å². The van der Waals surface area contributed by atoms with E-state index in [1.54, 1.807) is 60.6 Å². The largest absolute Gasteiger partial charge is 0.458 e. The predicted octanol–water partition coefficient (Wildman–Crippen LogP) is 5.34. The van der Waals surface area contributed by atoms with Crippen molar-refractivity contribution in [2.45, 2.75) is 175 Å². The summed E-state index contributed by atoms with van der Waals surface area (Å²) in [4.78, 5) is 81.1. The zero-order valence-corrected chi connectivity index (χ0v) is 33.6. The molecule has 52 heavy (non-hydrogen) atoms. The fourth-order valence-corrected chi connectivity index (χ4v) is 5.86. The molecule has 5 atom stereocenters. The van der Waals surface area contributed by atoms with Crippen molar-refractivity contribution in [2.75, 3.05) is 0 Å². The Kier molecular flexibility index (Phi) is 17.3. The van der Waals surface area contributed by atoms with Crippen molar-refractivity contribution in [1.82, 2.24) is 26.6 Å². The summed E-state index contributed by atoms with van der Waals surface area (Å²) in [5.41, 5.74) is -5.71. The molecule has 0 unspecified atom stereocenters. The lowest BCUT2D eigenvalue weighted by atomic mass is 9.87. The number of esters is 1. The summed E-state index contributed by atoms with van der Waals surface area (Å²) in [6, 6.07) is 8.06. The maximum absolute atomic E-state index is 14.2. The Bertz CT molecular complexity index is 1380. The molecule has 5 amide bonds. The Balaban J connectivity index is 3.21. The summed E-state index contributed by atoms with van der Waals surface area (Å²) in [6.07, 6.45) is 2.38. The highest BCUT2D eigenvalue weighted by Crippen LogP contribution is 2.24. The van der Waals surface area contributed by atoms with E-state index in [1.165, 1.54) is 6.92 Å². The first kappa shape index (κ1) is 45.9. The van der Waals surface area contributed by atoms with Gasteiger partial charge in [-0.15, -0.1) is 0 Å². The standard InChI is InChI=1S/C39H65N5O8/c1-13-22-36(9,41-29(45)27(5)40-34(50)51-26-28-20-18-17-19-21-28)30(46)42-37(10,23-14-2)31(47)43-38(11,24-15-3)32(48)44-39(12,25-16-4)33(49)52-35(6,7)8/h17-21,27H,13-16,22-26H2,1-12H3,(H,40,50)(H,41,45)(H,42,46)(H,43,47)(H,44,48)/t27-,36-,37-,38-,39-/m0/s1. The summed E-state index contributed by atoms with van der Waals surface area (Å²) in [5.74, 6) is -2.94. The maximum Gasteiger partial charge on any atom is 0.408 e. The molecule has 1 rings (SSSR count). The number of nitrogens with one attached hydrogen (secondary N) is 5. The number of carbonyl (C=O) groups is 6. The van der Waals surface area contributed by atoms with Crippen molar-refractivity contribution < 1.29 is 38.2 Å². The molecule has 13 nitrogen and oxygen atoms in total. The highest BCUT2D eigenvalue weighted by Gasteiger charge is 2.47. The second-order valence-corrected chi connectivity index (χ2v) is 15.6. The highest BCUT2D eigenvalue weighted by atomic mass is 16.6. The van der Waals surface area contributed by atoms with Gasteiger partial charge in [0.05, 0.1) is 0 Å². The molecule has 0 radical (unpaired) electrons. The molecule has 0 bridgehead atoms. The lowest BCUT2D eigenvalue weighted by Crippen LogP contribution is -2.69. The normalized spacial score (nSPS) is 16.6. The molecule has 0 aliphatic rings. The van der Waals surface area contributed by atoms with Gasteiger partial charge in [-0.05, 0) is 86.6 Å². The van der Waals surface area contributed by atoms with Crippen molar-refractivity contribution in [1.29, 1.82) is 0 Å². The monoisotopic (exact) mass is 731 g/mol. The van der Waals surface area contributed by atoms with Gasteiger partial charge in [0.25, 0.3) is 0 Å². The first-order valence-electron chi connectivity index (χ1n) is 18.5. The average molecular weight is 732 g/mol. The zero-order valence-electron chi connectivity index (χ0n) is 33.6. The van der Waals surface area contributed by atoms with E-state index in [1.807, 2.05) is 45.9 Å². The van der Waals surface area contributed by atoms with Crippen LogP contribution in [0.4, 0.5) is 4.79 Å². The van der Waals surface area contributed by atoms with E-state index in [2.05, 4.69) is 26.6 Å². The number of amides is 5. The first-order chi connectivity index (χ1) is 24.0. The van der Waals surface area contributed by atoms with E-state index >= 15 is 0 Å². The van der Waals surface area contributed by atoms with Crippen LogP contribution in [0.2, 0.25) is 0 Å². The van der Waals surface area contributed by atoms with E-state index in [4.69, 9.17) is 9.47 Å². The van der Waals surface area contributed by atoms with Gasteiger partial charge in [0, 0.05) is 0 Å². The fraction of sp³-hybridized carbons (Fsp3) is 0.692. The molecule has 0 saturated carbocycles. The van der Waals surface area contributed by atoms with Crippen molar-refractivity contribution in [3.63, 3.8) is 0 Å². The number of benzene rings is 1. The molecule has 0 aliphatic carbocycles. The molecule has 0 aliphatic heterocycles. The van der Waals surface area contributed by atoms with E-state index in [0.29, 0.717) is 32.1 Å². The van der Waals surface area contributed by atoms with Crippen LogP contribution in [-0.2, 0) is 40.1 Å². The third-order valence-electron chi connectivity index (χ3n) is 8.86. The number of hydrogen-bond acceptors (Lipinski definition) is 8. The van der Waals surface area contributed by atoms with Gasteiger partial charge in [-0.3, -0.25) is 19.2 Å². The molecule has 0 saturated heterocycles. The van der Waals surface area contributed by atoms with Crippen LogP contribution in [0.25, 0.3) is 0 Å². The SMILES string of the molecule is CCC[C@](C)(NC(=O)[C@H](C)NC(=O)OCc1ccccc1)C(=O)N[C@@](C)(CCC)C(=O)N[C@@](C)(CCC)C(=O)N[C@@](C)(CCC)C(=O)OC(C)(C)C. The minimum absolute atomic E-state index is 0.0236. The van der Waals surface area contributed by atoms with E-state index in [9.17, 15) is 28.8 Å². The number of hydrogen-bond donors (Lipinski definition) is 5. The second kappa shape index (κ2) is 19.6. The average Bonchev–Trinajstić information content (AvgIpc) is 3.03. The van der Waals surface area contributed by atoms with Gasteiger partial charge >= 0.3 is 12.1 Å². The number of alkyl carbamates (subject to hydrolysis) is 1. The smallest absolute Gasteiger partial charge is 0.408 e. The van der Waals surface area contributed by atoms with Crippen LogP contribution in [0, 0.1) is 0 Å². The third-order valence-corrected chi connectivity index (χ3v) is 8.86.